The minimum absolute atomic E-state index is 0.529. The molecule has 0 fully saturated rings. The maximum Gasteiger partial charge on any atom is 0.118 e. The van der Waals surface area contributed by atoms with Gasteiger partial charge in [0.25, 0.3) is 0 Å². The summed E-state index contributed by atoms with van der Waals surface area (Å²) in [6.45, 7) is 2.87. The summed E-state index contributed by atoms with van der Waals surface area (Å²) < 4.78 is 6.90. The Morgan fingerprint density at radius 3 is 2.70 bits per heavy atom. The average Bonchev–Trinajstić information content (AvgIpc) is 2.94. The minimum atomic E-state index is -0.529. The fraction of sp³-hybridized carbons (Fsp3) is 0.467. The first-order valence-corrected chi connectivity index (χ1v) is 6.94. The van der Waals surface area contributed by atoms with E-state index in [1.54, 1.807) is 18.0 Å². The molecule has 1 heterocycles. The van der Waals surface area contributed by atoms with Crippen LogP contribution in [0.15, 0.2) is 30.5 Å². The summed E-state index contributed by atoms with van der Waals surface area (Å²) in [6, 6.07) is 7.91. The van der Waals surface area contributed by atoms with Crippen molar-refractivity contribution in [3.63, 3.8) is 0 Å². The van der Waals surface area contributed by atoms with E-state index in [-0.39, 0.29) is 0 Å². The first-order chi connectivity index (χ1) is 9.74. The highest BCUT2D eigenvalue weighted by Crippen LogP contribution is 2.19. The molecule has 0 amide bonds. The quantitative estimate of drug-likeness (QED) is 0.842. The molecule has 5 heteroatoms. The lowest BCUT2D eigenvalue weighted by Crippen LogP contribution is -2.10. The van der Waals surface area contributed by atoms with Gasteiger partial charge in [0.15, 0.2) is 0 Å². The van der Waals surface area contributed by atoms with Gasteiger partial charge in [-0.3, -0.25) is 0 Å². The highest BCUT2D eigenvalue weighted by atomic mass is 16.5. The maximum absolute atomic E-state index is 10.3. The summed E-state index contributed by atoms with van der Waals surface area (Å²) in [7, 11) is 1.65. The normalized spacial score (nSPS) is 12.3. The van der Waals surface area contributed by atoms with Crippen LogP contribution in [-0.2, 0) is 13.0 Å². The second-order valence-electron chi connectivity index (χ2n) is 4.78. The Balaban J connectivity index is 1.93. The smallest absolute Gasteiger partial charge is 0.118 e. The van der Waals surface area contributed by atoms with Crippen LogP contribution in [0.5, 0.6) is 5.75 Å². The van der Waals surface area contributed by atoms with Crippen LogP contribution in [0.2, 0.25) is 0 Å². The summed E-state index contributed by atoms with van der Waals surface area (Å²) in [5.41, 5.74) is 1.97. The van der Waals surface area contributed by atoms with E-state index in [4.69, 9.17) is 4.74 Å². The zero-order valence-corrected chi connectivity index (χ0v) is 12.0. The highest BCUT2D eigenvalue weighted by molar-refractivity contribution is 5.27. The Labute approximate surface area is 119 Å². The molecule has 0 aliphatic carbocycles. The number of aryl methyl sites for hydroxylation is 2. The van der Waals surface area contributed by atoms with Crippen molar-refractivity contribution >= 4 is 0 Å². The van der Waals surface area contributed by atoms with Crippen LogP contribution in [0, 0.1) is 0 Å². The number of aliphatic hydroxyl groups excluding tert-OH is 1. The molecule has 2 rings (SSSR count). The molecule has 5 nitrogen and oxygen atoms in total. The number of hydrogen-bond acceptors (Lipinski definition) is 4. The van der Waals surface area contributed by atoms with E-state index in [2.05, 4.69) is 17.2 Å². The molecule has 0 aliphatic rings. The fourth-order valence-corrected chi connectivity index (χ4v) is 2.15. The van der Waals surface area contributed by atoms with Gasteiger partial charge in [-0.05, 0) is 37.0 Å². The van der Waals surface area contributed by atoms with Crippen molar-refractivity contribution in [1.82, 2.24) is 15.0 Å². The SMILES string of the molecule is CCCn1nncc1C(O)CCc1ccc(OC)cc1. The third kappa shape index (κ3) is 3.57. The summed E-state index contributed by atoms with van der Waals surface area (Å²) >= 11 is 0. The van der Waals surface area contributed by atoms with Crippen molar-refractivity contribution in [2.45, 2.75) is 38.8 Å². The van der Waals surface area contributed by atoms with Crippen molar-refractivity contribution < 1.29 is 9.84 Å². The molecule has 20 heavy (non-hydrogen) atoms. The second kappa shape index (κ2) is 7.05. The standard InChI is InChI=1S/C15H21N3O2/c1-3-10-18-14(11-16-17-18)15(19)9-6-12-4-7-13(20-2)8-5-12/h4-5,7-8,11,15,19H,3,6,9-10H2,1-2H3. The van der Waals surface area contributed by atoms with E-state index in [9.17, 15) is 5.11 Å². The molecule has 108 valence electrons. The third-order valence-corrected chi connectivity index (χ3v) is 3.29. The van der Waals surface area contributed by atoms with Gasteiger partial charge in [-0.25, -0.2) is 4.68 Å². The summed E-state index contributed by atoms with van der Waals surface area (Å²) in [6.07, 6.45) is 3.56. The number of aromatic nitrogens is 3. The van der Waals surface area contributed by atoms with Crippen molar-refractivity contribution in [3.05, 3.63) is 41.7 Å². The van der Waals surface area contributed by atoms with Gasteiger partial charge in [0, 0.05) is 6.54 Å². The molecule has 1 aromatic heterocycles. The molecule has 0 radical (unpaired) electrons. The molecular weight excluding hydrogens is 254 g/mol. The van der Waals surface area contributed by atoms with Gasteiger partial charge in [-0.15, -0.1) is 5.10 Å². The number of aliphatic hydroxyl groups is 1. The molecular formula is C15H21N3O2. The van der Waals surface area contributed by atoms with Crippen molar-refractivity contribution in [2.24, 2.45) is 0 Å². The zero-order valence-electron chi connectivity index (χ0n) is 12.0. The third-order valence-electron chi connectivity index (χ3n) is 3.29. The molecule has 1 aromatic carbocycles. The fourth-order valence-electron chi connectivity index (χ4n) is 2.15. The molecule has 2 aromatic rings. The van der Waals surface area contributed by atoms with E-state index in [1.165, 1.54) is 5.56 Å². The van der Waals surface area contributed by atoms with Crippen LogP contribution < -0.4 is 4.74 Å². The molecule has 1 unspecified atom stereocenters. The molecule has 0 spiro atoms. The monoisotopic (exact) mass is 275 g/mol. The van der Waals surface area contributed by atoms with E-state index in [1.807, 2.05) is 24.3 Å². The van der Waals surface area contributed by atoms with Crippen molar-refractivity contribution in [1.29, 1.82) is 0 Å². The van der Waals surface area contributed by atoms with Gasteiger partial charge >= 0.3 is 0 Å². The Morgan fingerprint density at radius 2 is 2.05 bits per heavy atom. The zero-order chi connectivity index (χ0) is 14.4. The van der Waals surface area contributed by atoms with Gasteiger partial charge in [-0.2, -0.15) is 0 Å². The van der Waals surface area contributed by atoms with Crippen LogP contribution in [0.25, 0.3) is 0 Å². The van der Waals surface area contributed by atoms with E-state index in [0.29, 0.717) is 6.42 Å². The van der Waals surface area contributed by atoms with E-state index >= 15 is 0 Å². The molecule has 1 atom stereocenters. The van der Waals surface area contributed by atoms with Crippen LogP contribution in [0.4, 0.5) is 0 Å². The Bertz CT molecular complexity index is 522. The first kappa shape index (κ1) is 14.5. The predicted molar refractivity (Wildman–Crippen MR) is 76.6 cm³/mol. The van der Waals surface area contributed by atoms with Gasteiger partial charge in [0.05, 0.1) is 25.1 Å². The number of benzene rings is 1. The number of hydrogen-bond donors (Lipinski definition) is 1. The topological polar surface area (TPSA) is 60.2 Å². The number of ether oxygens (including phenoxy) is 1. The Morgan fingerprint density at radius 1 is 1.30 bits per heavy atom. The van der Waals surface area contributed by atoms with Crippen molar-refractivity contribution in [3.8, 4) is 5.75 Å². The lowest BCUT2D eigenvalue weighted by atomic mass is 10.1. The lowest BCUT2D eigenvalue weighted by molar-refractivity contribution is 0.156. The van der Waals surface area contributed by atoms with E-state index < -0.39 is 6.10 Å². The predicted octanol–water partition coefficient (Wildman–Crippen LogP) is 2.36. The number of methoxy groups -OCH3 is 1. The van der Waals surface area contributed by atoms with Crippen LogP contribution in [-0.4, -0.2) is 27.2 Å². The van der Waals surface area contributed by atoms with Gasteiger partial charge < -0.3 is 9.84 Å². The summed E-state index contributed by atoms with van der Waals surface area (Å²) in [4.78, 5) is 0. The van der Waals surface area contributed by atoms with Gasteiger partial charge in [0.1, 0.15) is 5.75 Å². The molecule has 0 bridgehead atoms. The number of nitrogens with zero attached hydrogens (tertiary/aromatic N) is 3. The Kier molecular flexibility index (Phi) is 5.12. The molecule has 0 saturated carbocycles. The molecule has 1 N–H and O–H groups in total. The largest absolute Gasteiger partial charge is 0.497 e. The van der Waals surface area contributed by atoms with E-state index in [0.717, 1.165) is 30.8 Å². The summed E-state index contributed by atoms with van der Waals surface area (Å²) in [5, 5.41) is 18.1. The molecule has 0 saturated heterocycles. The average molecular weight is 275 g/mol. The van der Waals surface area contributed by atoms with Gasteiger partial charge in [-0.1, -0.05) is 24.3 Å². The maximum atomic E-state index is 10.3. The van der Waals surface area contributed by atoms with Crippen molar-refractivity contribution in [2.75, 3.05) is 7.11 Å². The Hall–Kier alpha value is -1.88. The first-order valence-electron chi connectivity index (χ1n) is 6.94. The number of rotatable bonds is 7. The van der Waals surface area contributed by atoms with Crippen LogP contribution in [0.3, 0.4) is 0 Å². The lowest BCUT2D eigenvalue weighted by Gasteiger charge is -2.12. The second-order valence-corrected chi connectivity index (χ2v) is 4.78. The highest BCUT2D eigenvalue weighted by Gasteiger charge is 2.13. The van der Waals surface area contributed by atoms with Crippen LogP contribution >= 0.6 is 0 Å². The van der Waals surface area contributed by atoms with Crippen LogP contribution in [0.1, 0.15) is 37.1 Å². The molecule has 0 aliphatic heterocycles. The minimum Gasteiger partial charge on any atom is -0.497 e. The van der Waals surface area contributed by atoms with Gasteiger partial charge in [0.2, 0.25) is 0 Å². The summed E-state index contributed by atoms with van der Waals surface area (Å²) in [5.74, 6) is 0.847.